The van der Waals surface area contributed by atoms with E-state index in [1.54, 1.807) is 31.2 Å². The Morgan fingerprint density at radius 3 is 2.62 bits per heavy atom. The van der Waals surface area contributed by atoms with Gasteiger partial charge >= 0.3 is 11.7 Å². The number of benzene rings is 1. The molecule has 0 saturated heterocycles. The molecule has 8 heteroatoms. The van der Waals surface area contributed by atoms with E-state index < -0.39 is 29.2 Å². The van der Waals surface area contributed by atoms with Gasteiger partial charge in [-0.25, -0.2) is 9.59 Å². The Morgan fingerprint density at radius 1 is 1.27 bits per heavy atom. The van der Waals surface area contributed by atoms with Crippen molar-refractivity contribution in [3.63, 3.8) is 0 Å². The number of aliphatic carboxylic acids is 1. The van der Waals surface area contributed by atoms with E-state index in [-0.39, 0.29) is 25.3 Å². The molecule has 1 amide bonds. The number of carboxylic acids is 1. The molecule has 26 heavy (non-hydrogen) atoms. The molecule has 140 valence electrons. The number of hydrogen-bond acceptors (Lipinski definition) is 4. The van der Waals surface area contributed by atoms with E-state index in [4.69, 9.17) is 0 Å². The number of carbonyl (C=O) groups excluding carboxylic acids is 1. The standard InChI is InChI=1S/C18H23N3O5/c1-3-11(2)15(17(24)25)20-14(22)9-6-10-21-16(23)12-7-4-5-8-13(12)19-18(21)26/h4-5,7-8,11,15H,3,6,9-10H2,1-2H3,(H,19,26)(H,20,22)(H,24,25)/t11-,15-/m0/s1. The molecular formula is C18H23N3O5. The summed E-state index contributed by atoms with van der Waals surface area (Å²) >= 11 is 0. The minimum atomic E-state index is -1.07. The number of aromatic amines is 1. The molecule has 0 unspecified atom stereocenters. The summed E-state index contributed by atoms with van der Waals surface area (Å²) in [5.74, 6) is -1.68. The van der Waals surface area contributed by atoms with Crippen molar-refractivity contribution < 1.29 is 14.7 Å². The molecule has 0 aliphatic carbocycles. The van der Waals surface area contributed by atoms with Gasteiger partial charge in [0, 0.05) is 13.0 Å². The first kappa shape index (κ1) is 19.4. The van der Waals surface area contributed by atoms with E-state index >= 15 is 0 Å². The average Bonchev–Trinajstić information content (AvgIpc) is 2.61. The molecule has 0 fully saturated rings. The summed E-state index contributed by atoms with van der Waals surface area (Å²) in [4.78, 5) is 50.3. The zero-order valence-corrected chi connectivity index (χ0v) is 14.8. The second-order valence-electron chi connectivity index (χ2n) is 6.31. The van der Waals surface area contributed by atoms with Crippen LogP contribution in [0.1, 0.15) is 33.1 Å². The number of carbonyl (C=O) groups is 2. The summed E-state index contributed by atoms with van der Waals surface area (Å²) in [6.07, 6.45) is 0.901. The number of fused-ring (bicyclic) bond motifs is 1. The van der Waals surface area contributed by atoms with Gasteiger partial charge in [-0.05, 0) is 24.5 Å². The molecule has 3 N–H and O–H groups in total. The van der Waals surface area contributed by atoms with Crippen LogP contribution in [0.2, 0.25) is 0 Å². The molecule has 0 spiro atoms. The smallest absolute Gasteiger partial charge is 0.328 e. The Hall–Kier alpha value is -2.90. The van der Waals surface area contributed by atoms with Gasteiger partial charge in [-0.15, -0.1) is 0 Å². The van der Waals surface area contributed by atoms with Crippen LogP contribution in [0.25, 0.3) is 10.9 Å². The lowest BCUT2D eigenvalue weighted by molar-refractivity contribution is -0.143. The fourth-order valence-corrected chi connectivity index (χ4v) is 2.73. The quantitative estimate of drug-likeness (QED) is 0.650. The van der Waals surface area contributed by atoms with E-state index in [0.717, 1.165) is 4.57 Å². The van der Waals surface area contributed by atoms with Crippen LogP contribution in [0, 0.1) is 5.92 Å². The lowest BCUT2D eigenvalue weighted by atomic mass is 9.99. The fourth-order valence-electron chi connectivity index (χ4n) is 2.73. The first-order chi connectivity index (χ1) is 12.3. The summed E-state index contributed by atoms with van der Waals surface area (Å²) in [5.41, 5.74) is -0.473. The summed E-state index contributed by atoms with van der Waals surface area (Å²) < 4.78 is 1.05. The minimum Gasteiger partial charge on any atom is -0.480 e. The second-order valence-corrected chi connectivity index (χ2v) is 6.31. The highest BCUT2D eigenvalue weighted by atomic mass is 16.4. The predicted octanol–water partition coefficient (Wildman–Crippen LogP) is 1.09. The van der Waals surface area contributed by atoms with E-state index in [2.05, 4.69) is 10.3 Å². The van der Waals surface area contributed by atoms with E-state index in [1.807, 2.05) is 6.92 Å². The fraction of sp³-hybridized carbons (Fsp3) is 0.444. The number of carboxylic acid groups (broad SMARTS) is 1. The maximum absolute atomic E-state index is 12.4. The van der Waals surface area contributed by atoms with Crippen molar-refractivity contribution >= 4 is 22.8 Å². The number of nitrogens with zero attached hydrogens (tertiary/aromatic N) is 1. The van der Waals surface area contributed by atoms with Gasteiger partial charge in [-0.1, -0.05) is 32.4 Å². The first-order valence-electron chi connectivity index (χ1n) is 8.59. The molecule has 1 heterocycles. The largest absolute Gasteiger partial charge is 0.480 e. The number of H-pyrrole nitrogens is 1. The van der Waals surface area contributed by atoms with E-state index in [9.17, 15) is 24.3 Å². The Balaban J connectivity index is 2.03. The van der Waals surface area contributed by atoms with Crippen molar-refractivity contribution in [1.29, 1.82) is 0 Å². The molecule has 0 bridgehead atoms. The zero-order valence-electron chi connectivity index (χ0n) is 14.8. The molecular weight excluding hydrogens is 338 g/mol. The van der Waals surface area contributed by atoms with Gasteiger partial charge in [0.25, 0.3) is 5.56 Å². The summed E-state index contributed by atoms with van der Waals surface area (Å²) in [5, 5.41) is 12.1. The number of amides is 1. The van der Waals surface area contributed by atoms with Crippen LogP contribution in [-0.4, -0.2) is 32.6 Å². The normalized spacial score (nSPS) is 13.3. The Labute approximate surface area is 149 Å². The summed E-state index contributed by atoms with van der Waals surface area (Å²) in [6, 6.07) is 5.76. The third-order valence-electron chi connectivity index (χ3n) is 4.47. The molecule has 1 aromatic heterocycles. The molecule has 1 aromatic carbocycles. The van der Waals surface area contributed by atoms with Crippen LogP contribution in [0.15, 0.2) is 33.9 Å². The Kier molecular flexibility index (Phi) is 6.32. The van der Waals surface area contributed by atoms with Gasteiger partial charge in [0.2, 0.25) is 5.91 Å². The third kappa shape index (κ3) is 4.38. The topological polar surface area (TPSA) is 121 Å². The SMILES string of the molecule is CC[C@H](C)[C@H](NC(=O)CCCn1c(=O)[nH]c2ccccc2c1=O)C(=O)O. The van der Waals surface area contributed by atoms with Gasteiger partial charge in [-0.3, -0.25) is 14.2 Å². The van der Waals surface area contributed by atoms with Crippen LogP contribution in [0.3, 0.4) is 0 Å². The molecule has 2 atom stereocenters. The molecule has 8 nitrogen and oxygen atoms in total. The van der Waals surface area contributed by atoms with Gasteiger partial charge in [0.05, 0.1) is 10.9 Å². The van der Waals surface area contributed by atoms with Crippen LogP contribution in [0.5, 0.6) is 0 Å². The maximum Gasteiger partial charge on any atom is 0.328 e. The van der Waals surface area contributed by atoms with Gasteiger partial charge in [0.15, 0.2) is 0 Å². The van der Waals surface area contributed by atoms with Gasteiger partial charge in [0.1, 0.15) is 6.04 Å². The molecule has 0 saturated carbocycles. The molecule has 2 aromatic rings. The maximum atomic E-state index is 12.4. The highest BCUT2D eigenvalue weighted by molar-refractivity contribution is 5.83. The van der Waals surface area contributed by atoms with Crippen LogP contribution >= 0.6 is 0 Å². The van der Waals surface area contributed by atoms with Crippen LogP contribution in [-0.2, 0) is 16.1 Å². The summed E-state index contributed by atoms with van der Waals surface area (Å²) in [6.45, 7) is 3.69. The average molecular weight is 361 g/mol. The number of hydrogen-bond donors (Lipinski definition) is 3. The van der Waals surface area contributed by atoms with Gasteiger partial charge in [-0.2, -0.15) is 0 Å². The van der Waals surface area contributed by atoms with E-state index in [0.29, 0.717) is 17.3 Å². The lowest BCUT2D eigenvalue weighted by Crippen LogP contribution is -2.45. The molecule has 0 aliphatic rings. The van der Waals surface area contributed by atoms with E-state index in [1.165, 1.54) is 0 Å². The highest BCUT2D eigenvalue weighted by Gasteiger charge is 2.24. The molecule has 0 radical (unpaired) electrons. The second kappa shape index (κ2) is 8.46. The van der Waals surface area contributed by atoms with Crippen LogP contribution in [0.4, 0.5) is 0 Å². The lowest BCUT2D eigenvalue weighted by Gasteiger charge is -2.20. The molecule has 0 aliphatic heterocycles. The van der Waals surface area contributed by atoms with Crippen molar-refractivity contribution in [2.45, 2.75) is 45.7 Å². The Bertz CT molecular complexity index is 915. The Morgan fingerprint density at radius 2 is 1.96 bits per heavy atom. The number of para-hydroxylation sites is 1. The van der Waals surface area contributed by atoms with Crippen molar-refractivity contribution in [3.05, 3.63) is 45.1 Å². The van der Waals surface area contributed by atoms with Crippen molar-refractivity contribution in [1.82, 2.24) is 14.9 Å². The predicted molar refractivity (Wildman–Crippen MR) is 97.1 cm³/mol. The molecule has 2 rings (SSSR count). The first-order valence-corrected chi connectivity index (χ1v) is 8.59. The van der Waals surface area contributed by atoms with Crippen molar-refractivity contribution in [2.75, 3.05) is 0 Å². The van der Waals surface area contributed by atoms with Crippen molar-refractivity contribution in [3.8, 4) is 0 Å². The third-order valence-corrected chi connectivity index (χ3v) is 4.47. The number of aromatic nitrogens is 2. The van der Waals surface area contributed by atoms with Crippen molar-refractivity contribution in [2.24, 2.45) is 5.92 Å². The van der Waals surface area contributed by atoms with Gasteiger partial charge < -0.3 is 15.4 Å². The minimum absolute atomic E-state index is 0.0267. The highest BCUT2D eigenvalue weighted by Crippen LogP contribution is 2.08. The zero-order chi connectivity index (χ0) is 19.3. The number of rotatable bonds is 8. The summed E-state index contributed by atoms with van der Waals surface area (Å²) in [7, 11) is 0. The number of nitrogens with one attached hydrogen (secondary N) is 2. The monoisotopic (exact) mass is 361 g/mol. The van der Waals surface area contributed by atoms with Crippen LogP contribution < -0.4 is 16.6 Å².